The molecule has 1 fully saturated rings. The van der Waals surface area contributed by atoms with E-state index in [1.165, 1.54) is 7.11 Å². The predicted octanol–water partition coefficient (Wildman–Crippen LogP) is 1.56. The molecule has 2 aliphatic rings. The third-order valence-corrected chi connectivity index (χ3v) is 8.06. The molecule has 2 unspecified atom stereocenters. The number of carbonyl (C=O) groups is 3. The lowest BCUT2D eigenvalue weighted by atomic mass is 10.0. The summed E-state index contributed by atoms with van der Waals surface area (Å²) < 4.78 is 36.3. The fourth-order valence-corrected chi connectivity index (χ4v) is 6.42. The third-order valence-electron chi connectivity index (χ3n) is 5.77. The second-order valence-electron chi connectivity index (χ2n) is 8.12. The lowest BCUT2D eigenvalue weighted by Gasteiger charge is -2.49. The van der Waals surface area contributed by atoms with E-state index < -0.39 is 44.8 Å². The topological polar surface area (TPSA) is 119 Å². The Morgan fingerprint density at radius 1 is 1.09 bits per heavy atom. The van der Waals surface area contributed by atoms with Crippen LogP contribution in [0.2, 0.25) is 0 Å². The molecule has 9 nitrogen and oxygen atoms in total. The van der Waals surface area contributed by atoms with E-state index in [4.69, 9.17) is 21.1 Å². The average molecular weight is 519 g/mol. The number of hydrogen-bond acceptors (Lipinski definition) is 7. The van der Waals surface area contributed by atoms with Crippen molar-refractivity contribution in [2.75, 3.05) is 18.7 Å². The monoisotopic (exact) mass is 518 g/mol. The van der Waals surface area contributed by atoms with Gasteiger partial charge in [-0.3, -0.25) is 14.5 Å². The van der Waals surface area contributed by atoms with Gasteiger partial charge in [0.05, 0.1) is 19.3 Å². The quantitative estimate of drug-likeness (QED) is 0.320. The summed E-state index contributed by atoms with van der Waals surface area (Å²) in [5.74, 6) is -2.21. The number of nitrogens with one attached hydrogen (secondary N) is 1. The number of halogens is 1. The maximum absolute atomic E-state index is 12.9. The normalized spacial score (nSPS) is 20.5. The number of sulfone groups is 1. The molecule has 0 aromatic heterocycles. The molecular weight excluding hydrogens is 496 g/mol. The van der Waals surface area contributed by atoms with Crippen molar-refractivity contribution in [2.24, 2.45) is 0 Å². The number of alkyl halides is 1. The van der Waals surface area contributed by atoms with Crippen LogP contribution in [0.1, 0.15) is 11.1 Å². The first-order valence-corrected chi connectivity index (χ1v) is 13.0. The van der Waals surface area contributed by atoms with E-state index >= 15 is 0 Å². The van der Waals surface area contributed by atoms with E-state index in [2.05, 4.69) is 5.32 Å². The number of β-lactam (4-membered cyclic amide) rings is 1. The molecule has 0 spiro atoms. The molecule has 4 rings (SSSR count). The minimum Gasteiger partial charge on any atom is -0.497 e. The molecule has 184 valence electrons. The van der Waals surface area contributed by atoms with E-state index in [1.807, 2.05) is 0 Å². The molecule has 2 aromatic carbocycles. The molecule has 0 radical (unpaired) electrons. The molecule has 2 heterocycles. The minimum atomic E-state index is -3.90. The molecule has 1 saturated heterocycles. The average Bonchev–Trinajstić information content (AvgIpc) is 2.85. The first-order valence-electron chi connectivity index (χ1n) is 10.7. The second kappa shape index (κ2) is 10.1. The van der Waals surface area contributed by atoms with E-state index in [0.717, 1.165) is 4.90 Å². The zero-order valence-electron chi connectivity index (χ0n) is 18.8. The highest BCUT2D eigenvalue weighted by Gasteiger charge is 2.60. The molecule has 11 heteroatoms. The van der Waals surface area contributed by atoms with Crippen LogP contribution in [0.3, 0.4) is 0 Å². The van der Waals surface area contributed by atoms with Crippen LogP contribution in [0, 0.1) is 0 Å². The smallest absolute Gasteiger partial charge is 0.355 e. The zero-order chi connectivity index (χ0) is 25.2. The number of esters is 1. The van der Waals surface area contributed by atoms with E-state index in [-0.39, 0.29) is 30.2 Å². The molecule has 0 aliphatic carbocycles. The van der Waals surface area contributed by atoms with E-state index in [9.17, 15) is 22.8 Å². The van der Waals surface area contributed by atoms with Crippen molar-refractivity contribution in [1.82, 2.24) is 10.2 Å². The van der Waals surface area contributed by atoms with Crippen LogP contribution in [0.5, 0.6) is 5.75 Å². The van der Waals surface area contributed by atoms with Gasteiger partial charge in [0, 0.05) is 5.88 Å². The summed E-state index contributed by atoms with van der Waals surface area (Å²) >= 11 is 5.94. The van der Waals surface area contributed by atoms with Crippen molar-refractivity contribution in [3.05, 3.63) is 77.0 Å². The summed E-state index contributed by atoms with van der Waals surface area (Å²) in [5.41, 5.74) is 1.28. The Morgan fingerprint density at radius 3 is 2.40 bits per heavy atom. The highest BCUT2D eigenvalue weighted by atomic mass is 35.5. The van der Waals surface area contributed by atoms with Crippen molar-refractivity contribution in [2.45, 2.75) is 24.4 Å². The Labute approximate surface area is 207 Å². The maximum Gasteiger partial charge on any atom is 0.355 e. The van der Waals surface area contributed by atoms with Gasteiger partial charge in [-0.15, -0.1) is 11.6 Å². The lowest BCUT2D eigenvalue weighted by molar-refractivity contribution is -0.153. The van der Waals surface area contributed by atoms with Crippen LogP contribution in [-0.2, 0) is 42.0 Å². The molecule has 2 aromatic rings. The number of amides is 2. The second-order valence-corrected chi connectivity index (χ2v) is 10.5. The lowest BCUT2D eigenvalue weighted by Crippen LogP contribution is -2.75. The van der Waals surface area contributed by atoms with Crippen LogP contribution in [0.4, 0.5) is 0 Å². The molecule has 2 atom stereocenters. The number of carbonyl (C=O) groups excluding carboxylic acids is 3. The Bertz CT molecular complexity index is 1280. The van der Waals surface area contributed by atoms with Gasteiger partial charge in [-0.25, -0.2) is 13.2 Å². The molecule has 0 bridgehead atoms. The van der Waals surface area contributed by atoms with Crippen molar-refractivity contribution >= 4 is 39.2 Å². The number of fused-ring (bicyclic) bond motifs is 1. The highest BCUT2D eigenvalue weighted by Crippen LogP contribution is 2.37. The molecule has 2 aliphatic heterocycles. The van der Waals surface area contributed by atoms with Crippen LogP contribution in [-0.4, -0.2) is 61.3 Å². The van der Waals surface area contributed by atoms with Crippen molar-refractivity contribution in [1.29, 1.82) is 0 Å². The standard InChI is InChI=1S/C24H23ClN2O7S/c1-33-18-9-7-16(8-10-18)13-34-24(30)21-17(12-25)14-35(31,32)23-20(22(29)27(21)23)26-19(28)11-15-5-3-2-4-6-15/h2-10,20,23H,11-14H2,1H3,(H,26,28). The van der Waals surface area contributed by atoms with Gasteiger partial charge in [0.2, 0.25) is 5.91 Å². The van der Waals surface area contributed by atoms with Gasteiger partial charge >= 0.3 is 5.97 Å². The van der Waals surface area contributed by atoms with Crippen molar-refractivity contribution in [3.8, 4) is 5.75 Å². The highest BCUT2D eigenvalue weighted by molar-refractivity contribution is 7.92. The Morgan fingerprint density at radius 2 is 1.77 bits per heavy atom. The molecule has 2 amide bonds. The molecular formula is C24H23ClN2O7S. The number of ether oxygens (including phenoxy) is 2. The van der Waals surface area contributed by atoms with Crippen molar-refractivity contribution < 1.29 is 32.3 Å². The number of rotatable bonds is 8. The Hall–Kier alpha value is -3.37. The third kappa shape index (κ3) is 5.03. The fraction of sp³-hybridized carbons (Fsp3) is 0.292. The van der Waals surface area contributed by atoms with E-state index in [0.29, 0.717) is 16.9 Å². The molecule has 1 N–H and O–H groups in total. The van der Waals surface area contributed by atoms with Gasteiger partial charge in [0.25, 0.3) is 5.91 Å². The largest absolute Gasteiger partial charge is 0.497 e. The zero-order valence-corrected chi connectivity index (χ0v) is 20.3. The summed E-state index contributed by atoms with van der Waals surface area (Å²) in [7, 11) is -2.37. The first kappa shape index (κ1) is 24.7. The molecule has 0 saturated carbocycles. The van der Waals surface area contributed by atoms with Crippen LogP contribution < -0.4 is 10.1 Å². The van der Waals surface area contributed by atoms with Crippen LogP contribution >= 0.6 is 11.6 Å². The number of nitrogens with zero attached hydrogens (tertiary/aromatic N) is 1. The summed E-state index contributed by atoms with van der Waals surface area (Å²) in [6.07, 6.45) is -0.0169. The predicted molar refractivity (Wildman–Crippen MR) is 127 cm³/mol. The summed E-state index contributed by atoms with van der Waals surface area (Å²) in [4.78, 5) is 39.2. The SMILES string of the molecule is COc1ccc(COC(=O)C2=C(CCl)CS(=O)(=O)C3C(NC(=O)Cc4ccccc4)C(=O)N23)cc1. The number of benzene rings is 2. The van der Waals surface area contributed by atoms with Gasteiger partial charge in [-0.1, -0.05) is 42.5 Å². The summed E-state index contributed by atoms with van der Waals surface area (Å²) in [5, 5.41) is 1.10. The van der Waals surface area contributed by atoms with Gasteiger partial charge in [0.15, 0.2) is 15.2 Å². The maximum atomic E-state index is 12.9. The number of methoxy groups -OCH3 is 1. The summed E-state index contributed by atoms with van der Waals surface area (Å²) in [6, 6.07) is 14.4. The summed E-state index contributed by atoms with van der Waals surface area (Å²) in [6.45, 7) is -0.0986. The van der Waals surface area contributed by atoms with Crippen LogP contribution in [0.25, 0.3) is 0 Å². The Kier molecular flexibility index (Phi) is 7.13. The first-order chi connectivity index (χ1) is 16.7. The number of hydrogen-bond donors (Lipinski definition) is 1. The van der Waals surface area contributed by atoms with Crippen molar-refractivity contribution in [3.63, 3.8) is 0 Å². The Balaban J connectivity index is 1.50. The van der Waals surface area contributed by atoms with Gasteiger partial charge in [-0.2, -0.15) is 0 Å². The molecule has 35 heavy (non-hydrogen) atoms. The van der Waals surface area contributed by atoms with E-state index in [1.54, 1.807) is 54.6 Å². The minimum absolute atomic E-state index is 0.0169. The van der Waals surface area contributed by atoms with Gasteiger partial charge in [0.1, 0.15) is 24.1 Å². The van der Waals surface area contributed by atoms with Gasteiger partial charge in [-0.05, 0) is 28.8 Å². The van der Waals surface area contributed by atoms with Gasteiger partial charge < -0.3 is 14.8 Å². The fourth-order valence-electron chi connectivity index (χ4n) is 4.06. The van der Waals surface area contributed by atoms with Crippen LogP contribution in [0.15, 0.2) is 65.9 Å².